The number of phenolic OH excluding ortho intramolecular Hbond substituents is 1. The average Bonchev–Trinajstić information content (AvgIpc) is 2.13. The summed E-state index contributed by atoms with van der Waals surface area (Å²) in [4.78, 5) is 0. The molecule has 0 saturated carbocycles. The fourth-order valence-electron chi connectivity index (χ4n) is 2.21. The quantitative estimate of drug-likeness (QED) is 0.660. The lowest BCUT2D eigenvalue weighted by atomic mass is 9.71. The van der Waals surface area contributed by atoms with Gasteiger partial charge in [-0.05, 0) is 36.1 Å². The number of hydrogen-bond acceptors (Lipinski definition) is 2. The van der Waals surface area contributed by atoms with E-state index in [2.05, 4.69) is 0 Å². The second-order valence-electron chi connectivity index (χ2n) is 4.62. The molecule has 0 bridgehead atoms. The van der Waals surface area contributed by atoms with E-state index in [9.17, 15) is 10.2 Å². The minimum atomic E-state index is -0.309. The van der Waals surface area contributed by atoms with Crippen molar-refractivity contribution < 1.29 is 10.2 Å². The summed E-state index contributed by atoms with van der Waals surface area (Å²) in [5.74, 6) is 0.283. The van der Waals surface area contributed by atoms with E-state index in [1.165, 1.54) is 5.56 Å². The van der Waals surface area contributed by atoms with Crippen molar-refractivity contribution in [2.24, 2.45) is 0 Å². The average molecular weight is 192 g/mol. The molecule has 0 radical (unpaired) electrons. The van der Waals surface area contributed by atoms with Gasteiger partial charge in [0.1, 0.15) is 5.75 Å². The molecule has 0 amide bonds. The highest BCUT2D eigenvalue weighted by Gasteiger charge is 2.35. The number of phenols is 1. The first kappa shape index (κ1) is 9.53. The predicted octanol–water partition coefficient (Wildman–Crippen LogP) is 1.98. The van der Waals surface area contributed by atoms with Crippen LogP contribution in [0.15, 0.2) is 18.2 Å². The van der Waals surface area contributed by atoms with Crippen LogP contribution in [-0.2, 0) is 11.8 Å². The molecule has 0 heterocycles. The molecule has 0 saturated heterocycles. The number of hydrogen-bond donors (Lipinski definition) is 2. The molecule has 0 aliphatic heterocycles. The third-order valence-corrected chi connectivity index (χ3v) is 3.31. The number of aromatic hydroxyl groups is 1. The lowest BCUT2D eigenvalue weighted by molar-refractivity contribution is 0.0830. The summed E-state index contributed by atoms with van der Waals surface area (Å²) >= 11 is 0. The lowest BCUT2D eigenvalue weighted by Crippen LogP contribution is -2.38. The van der Waals surface area contributed by atoms with Gasteiger partial charge in [0.05, 0.1) is 6.10 Å². The summed E-state index contributed by atoms with van der Waals surface area (Å²) in [5.41, 5.74) is 2.08. The van der Waals surface area contributed by atoms with Crippen molar-refractivity contribution in [1.29, 1.82) is 0 Å². The highest BCUT2D eigenvalue weighted by molar-refractivity contribution is 5.42. The molecule has 0 fully saturated rings. The van der Waals surface area contributed by atoms with Crippen molar-refractivity contribution in [3.63, 3.8) is 0 Å². The first-order valence-electron chi connectivity index (χ1n) is 5.02. The van der Waals surface area contributed by atoms with E-state index in [-0.39, 0.29) is 17.3 Å². The van der Waals surface area contributed by atoms with Crippen LogP contribution in [0.25, 0.3) is 0 Å². The van der Waals surface area contributed by atoms with Crippen molar-refractivity contribution >= 4 is 0 Å². The minimum absolute atomic E-state index is 0.244. The van der Waals surface area contributed by atoms with E-state index in [1.807, 2.05) is 19.9 Å². The third kappa shape index (κ3) is 1.30. The van der Waals surface area contributed by atoms with Crippen molar-refractivity contribution in [2.75, 3.05) is 0 Å². The first-order chi connectivity index (χ1) is 6.51. The molecule has 0 aromatic heterocycles. The second-order valence-corrected chi connectivity index (χ2v) is 4.62. The summed E-state index contributed by atoms with van der Waals surface area (Å²) in [6.45, 7) is 4.05. The highest BCUT2D eigenvalue weighted by Crippen LogP contribution is 2.38. The Morgan fingerprint density at radius 3 is 2.79 bits per heavy atom. The van der Waals surface area contributed by atoms with Gasteiger partial charge in [-0.1, -0.05) is 19.9 Å². The van der Waals surface area contributed by atoms with Gasteiger partial charge in [-0.3, -0.25) is 0 Å². The van der Waals surface area contributed by atoms with Gasteiger partial charge in [-0.15, -0.1) is 0 Å². The number of aliphatic hydroxyl groups excluding tert-OH is 1. The van der Waals surface area contributed by atoms with Crippen LogP contribution >= 0.6 is 0 Å². The van der Waals surface area contributed by atoms with E-state index in [0.717, 1.165) is 18.4 Å². The third-order valence-electron chi connectivity index (χ3n) is 3.31. The molecule has 1 atom stereocenters. The van der Waals surface area contributed by atoms with Crippen LogP contribution < -0.4 is 0 Å². The van der Waals surface area contributed by atoms with Crippen LogP contribution in [0.2, 0.25) is 0 Å². The number of rotatable bonds is 0. The van der Waals surface area contributed by atoms with Crippen molar-refractivity contribution in [3.8, 4) is 5.75 Å². The molecular weight excluding hydrogens is 176 g/mol. The zero-order valence-corrected chi connectivity index (χ0v) is 8.62. The molecule has 2 N–H and O–H groups in total. The van der Waals surface area contributed by atoms with Gasteiger partial charge in [0.15, 0.2) is 0 Å². The Morgan fingerprint density at radius 1 is 1.36 bits per heavy atom. The maximum atomic E-state index is 9.89. The zero-order valence-electron chi connectivity index (χ0n) is 8.62. The topological polar surface area (TPSA) is 40.5 Å². The fourth-order valence-corrected chi connectivity index (χ4v) is 2.21. The van der Waals surface area contributed by atoms with Crippen LogP contribution in [0.4, 0.5) is 0 Å². The molecular formula is C12H16O2. The van der Waals surface area contributed by atoms with Crippen molar-refractivity contribution in [1.82, 2.24) is 0 Å². The largest absolute Gasteiger partial charge is 0.508 e. The van der Waals surface area contributed by atoms with Gasteiger partial charge < -0.3 is 10.2 Å². The number of benzene rings is 1. The fraction of sp³-hybridized carbons (Fsp3) is 0.500. The Hall–Kier alpha value is -1.02. The Labute approximate surface area is 84.2 Å². The molecule has 76 valence electrons. The molecule has 1 unspecified atom stereocenters. The maximum absolute atomic E-state index is 9.89. The van der Waals surface area contributed by atoms with Crippen molar-refractivity contribution in [3.05, 3.63) is 29.3 Å². The van der Waals surface area contributed by atoms with Gasteiger partial charge in [0.25, 0.3) is 0 Å². The van der Waals surface area contributed by atoms with Crippen molar-refractivity contribution in [2.45, 2.75) is 38.2 Å². The summed E-state index contributed by atoms with van der Waals surface area (Å²) in [6, 6.07) is 5.45. The number of aliphatic hydroxyl groups is 1. The number of aryl methyl sites for hydroxylation is 1. The van der Waals surface area contributed by atoms with Gasteiger partial charge in [0.2, 0.25) is 0 Å². The zero-order chi connectivity index (χ0) is 10.3. The number of fused-ring (bicyclic) bond motifs is 1. The van der Waals surface area contributed by atoms with Gasteiger partial charge in [-0.2, -0.15) is 0 Å². The molecule has 2 nitrogen and oxygen atoms in total. The monoisotopic (exact) mass is 192 g/mol. The minimum Gasteiger partial charge on any atom is -0.508 e. The second kappa shape index (κ2) is 2.99. The van der Waals surface area contributed by atoms with Crippen LogP contribution in [0.5, 0.6) is 5.75 Å². The smallest absolute Gasteiger partial charge is 0.115 e. The maximum Gasteiger partial charge on any atom is 0.115 e. The van der Waals surface area contributed by atoms with Crippen LogP contribution in [0.1, 0.15) is 31.4 Å². The summed E-state index contributed by atoms with van der Waals surface area (Å²) in [6.07, 6.45) is 1.40. The molecule has 14 heavy (non-hydrogen) atoms. The van der Waals surface area contributed by atoms with Gasteiger partial charge >= 0.3 is 0 Å². The molecule has 0 spiro atoms. The van der Waals surface area contributed by atoms with Crippen LogP contribution in [-0.4, -0.2) is 16.3 Å². The van der Waals surface area contributed by atoms with Gasteiger partial charge in [0, 0.05) is 5.41 Å². The molecule has 1 aliphatic carbocycles. The Balaban J connectivity index is 2.55. The molecule has 1 aromatic carbocycles. The van der Waals surface area contributed by atoms with Gasteiger partial charge in [-0.25, -0.2) is 0 Å². The standard InChI is InChI=1S/C12H16O2/c1-12(2)10-7-9(13)5-3-8(10)4-6-11(12)14/h3,5,7,11,13-14H,4,6H2,1-2H3. The normalized spacial score (nSPS) is 24.4. The SMILES string of the molecule is CC1(C)c2cc(O)ccc2CCC1O. The molecule has 1 aromatic rings. The van der Waals surface area contributed by atoms with E-state index in [4.69, 9.17) is 0 Å². The summed E-state index contributed by atoms with van der Waals surface area (Å²) in [7, 11) is 0. The molecule has 1 aliphatic rings. The van der Waals surface area contributed by atoms with E-state index in [0.29, 0.717) is 0 Å². The summed E-state index contributed by atoms with van der Waals surface area (Å²) in [5, 5.41) is 19.3. The highest BCUT2D eigenvalue weighted by atomic mass is 16.3. The van der Waals surface area contributed by atoms with E-state index < -0.39 is 0 Å². The lowest BCUT2D eigenvalue weighted by Gasteiger charge is -2.37. The first-order valence-corrected chi connectivity index (χ1v) is 5.02. The van der Waals surface area contributed by atoms with Crippen LogP contribution in [0.3, 0.4) is 0 Å². The predicted molar refractivity (Wildman–Crippen MR) is 55.5 cm³/mol. The molecule has 2 rings (SSSR count). The van der Waals surface area contributed by atoms with E-state index in [1.54, 1.807) is 12.1 Å². The Morgan fingerprint density at radius 2 is 2.07 bits per heavy atom. The molecule has 2 heteroatoms. The summed E-state index contributed by atoms with van der Waals surface area (Å²) < 4.78 is 0. The van der Waals surface area contributed by atoms with E-state index >= 15 is 0 Å². The Kier molecular flexibility index (Phi) is 2.04. The van der Waals surface area contributed by atoms with Crippen LogP contribution in [0, 0.1) is 0 Å². The Bertz CT molecular complexity index is 355.